The van der Waals surface area contributed by atoms with Gasteiger partial charge in [0.25, 0.3) is 0 Å². The molecule has 0 aliphatic carbocycles. The van der Waals surface area contributed by atoms with E-state index in [1.54, 1.807) is 0 Å². The van der Waals surface area contributed by atoms with Crippen LogP contribution in [0.2, 0.25) is 0 Å². The van der Waals surface area contributed by atoms with Gasteiger partial charge in [0.2, 0.25) is 0 Å². The summed E-state index contributed by atoms with van der Waals surface area (Å²) in [5, 5.41) is 10.1. The van der Waals surface area contributed by atoms with E-state index in [9.17, 15) is 0 Å². The van der Waals surface area contributed by atoms with E-state index in [0.29, 0.717) is 0 Å². The van der Waals surface area contributed by atoms with E-state index < -0.39 is 0 Å². The summed E-state index contributed by atoms with van der Waals surface area (Å²) in [6.45, 7) is 0. The Kier molecular flexibility index (Phi) is 8.76. The van der Waals surface area contributed by atoms with Gasteiger partial charge in [-0.25, -0.2) is 0 Å². The molecule has 0 saturated heterocycles. The van der Waals surface area contributed by atoms with Crippen molar-refractivity contribution >= 4 is 80.9 Å². The fourth-order valence-corrected chi connectivity index (χ4v) is 10.6. The molecule has 0 aliphatic rings. The Balaban J connectivity index is 1.11. The Morgan fingerprint density at radius 1 is 0.274 bits per heavy atom. The summed E-state index contributed by atoms with van der Waals surface area (Å²) in [6.07, 6.45) is 0. The molecule has 0 N–H and O–H groups in total. The van der Waals surface area contributed by atoms with Crippen molar-refractivity contribution in [1.29, 1.82) is 0 Å². The summed E-state index contributed by atoms with van der Waals surface area (Å²) in [5.74, 6) is 0. The van der Waals surface area contributed by atoms with E-state index in [2.05, 4.69) is 241 Å². The number of hydrogen-bond acceptors (Lipinski definition) is 2. The van der Waals surface area contributed by atoms with Crippen molar-refractivity contribution in [3.63, 3.8) is 0 Å². The Labute approximate surface area is 365 Å². The predicted molar refractivity (Wildman–Crippen MR) is 268 cm³/mol. The van der Waals surface area contributed by atoms with Crippen molar-refractivity contribution in [2.24, 2.45) is 0 Å². The fourth-order valence-electron chi connectivity index (χ4n) is 9.45. The molecule has 62 heavy (non-hydrogen) atoms. The van der Waals surface area contributed by atoms with Gasteiger partial charge in [0.05, 0.1) is 5.69 Å². The predicted octanol–water partition coefficient (Wildman–Crippen LogP) is 17.7. The molecule has 0 amide bonds. The highest BCUT2D eigenvalue weighted by Crippen LogP contribution is 2.49. The van der Waals surface area contributed by atoms with Gasteiger partial charge in [0.1, 0.15) is 0 Å². The monoisotopic (exact) mass is 805 g/mol. The van der Waals surface area contributed by atoms with E-state index in [1.807, 2.05) is 11.3 Å². The van der Waals surface area contributed by atoms with E-state index in [-0.39, 0.29) is 0 Å². The van der Waals surface area contributed by atoms with Gasteiger partial charge < -0.3 is 4.90 Å². The lowest BCUT2D eigenvalue weighted by molar-refractivity contribution is 1.28. The first-order chi connectivity index (χ1) is 30.7. The zero-order valence-corrected chi connectivity index (χ0v) is 34.7. The first-order valence-corrected chi connectivity index (χ1v) is 22.1. The molecule has 0 aliphatic heterocycles. The number of nitrogens with zero attached hydrogens (tertiary/aromatic N) is 1. The van der Waals surface area contributed by atoms with Crippen molar-refractivity contribution in [1.82, 2.24) is 0 Å². The van der Waals surface area contributed by atoms with Crippen LogP contribution < -0.4 is 4.90 Å². The van der Waals surface area contributed by atoms with Gasteiger partial charge in [0.15, 0.2) is 0 Å². The summed E-state index contributed by atoms with van der Waals surface area (Å²) >= 11 is 1.87. The average molecular weight is 806 g/mol. The molecule has 1 nitrogen and oxygen atoms in total. The molecule has 290 valence electrons. The van der Waals surface area contributed by atoms with Crippen molar-refractivity contribution in [3.8, 4) is 44.5 Å². The van der Waals surface area contributed by atoms with Crippen molar-refractivity contribution < 1.29 is 0 Å². The third-order valence-corrected chi connectivity index (χ3v) is 13.6. The van der Waals surface area contributed by atoms with Gasteiger partial charge in [-0.05, 0) is 126 Å². The molecule has 11 aromatic carbocycles. The fraction of sp³-hybridized carbons (Fsp3) is 0. The molecule has 1 aromatic heterocycles. The van der Waals surface area contributed by atoms with Gasteiger partial charge in [-0.2, -0.15) is 0 Å². The molecular formula is C60H39NS. The maximum atomic E-state index is 2.45. The molecule has 12 aromatic rings. The number of anilines is 3. The Morgan fingerprint density at radius 3 is 1.61 bits per heavy atom. The zero-order chi connectivity index (χ0) is 41.0. The number of hydrogen-bond donors (Lipinski definition) is 0. The van der Waals surface area contributed by atoms with E-state index >= 15 is 0 Å². The Hall–Kier alpha value is -7.78. The van der Waals surface area contributed by atoms with Gasteiger partial charge >= 0.3 is 0 Å². The van der Waals surface area contributed by atoms with Gasteiger partial charge in [-0.15, -0.1) is 11.3 Å². The highest BCUT2D eigenvalue weighted by molar-refractivity contribution is 7.25. The molecule has 0 fully saturated rings. The highest BCUT2D eigenvalue weighted by atomic mass is 32.1. The second-order valence-corrected chi connectivity index (χ2v) is 17.1. The van der Waals surface area contributed by atoms with E-state index in [1.165, 1.54) is 97.0 Å². The van der Waals surface area contributed by atoms with Crippen LogP contribution in [0, 0.1) is 0 Å². The maximum absolute atomic E-state index is 2.45. The second kappa shape index (κ2) is 15.0. The minimum absolute atomic E-state index is 1.09. The third-order valence-electron chi connectivity index (χ3n) is 12.4. The molecular weight excluding hydrogens is 767 g/mol. The number of thiophene rings is 1. The molecule has 2 heteroatoms. The van der Waals surface area contributed by atoms with Crippen molar-refractivity contribution in [2.45, 2.75) is 0 Å². The minimum Gasteiger partial charge on any atom is -0.310 e. The first kappa shape index (κ1) is 36.1. The highest BCUT2D eigenvalue weighted by Gasteiger charge is 2.23. The third kappa shape index (κ3) is 6.24. The van der Waals surface area contributed by atoms with Gasteiger partial charge in [-0.3, -0.25) is 0 Å². The van der Waals surface area contributed by atoms with Gasteiger partial charge in [0, 0.05) is 37.1 Å². The first-order valence-electron chi connectivity index (χ1n) is 21.2. The van der Waals surface area contributed by atoms with Crippen LogP contribution in [-0.4, -0.2) is 0 Å². The standard InChI is InChI=1S/C60H39NS/c1-2-13-40(14-3-1)42-27-32-48(33-28-42)61(49-34-29-43(30-35-49)45-26-25-41-15-4-5-16-44(41)37-45)57-23-12-22-55(56-38-46-17-6-7-18-50(46)51-19-8-9-20-52(51)56)60(57)47-31-36-54-53-21-10-11-24-58(53)62-59(54)39-47/h1-39H. The van der Waals surface area contributed by atoms with Crippen LogP contribution in [0.1, 0.15) is 0 Å². The Morgan fingerprint density at radius 2 is 0.839 bits per heavy atom. The van der Waals surface area contributed by atoms with Crippen LogP contribution in [0.4, 0.5) is 17.1 Å². The summed E-state index contributed by atoms with van der Waals surface area (Å²) in [4.78, 5) is 2.45. The largest absolute Gasteiger partial charge is 0.310 e. The molecule has 0 saturated carbocycles. The second-order valence-electron chi connectivity index (χ2n) is 16.1. The average Bonchev–Trinajstić information content (AvgIpc) is 3.72. The van der Waals surface area contributed by atoms with E-state index in [0.717, 1.165) is 17.1 Å². The number of benzene rings is 11. The molecule has 0 spiro atoms. The van der Waals surface area contributed by atoms with Crippen LogP contribution in [0.5, 0.6) is 0 Å². The number of fused-ring (bicyclic) bond motifs is 7. The number of rotatable bonds is 7. The zero-order valence-electron chi connectivity index (χ0n) is 33.9. The van der Waals surface area contributed by atoms with Crippen LogP contribution in [0.3, 0.4) is 0 Å². The molecule has 12 rings (SSSR count). The summed E-state index contributed by atoms with van der Waals surface area (Å²) in [6, 6.07) is 87.0. The summed E-state index contributed by atoms with van der Waals surface area (Å²) < 4.78 is 2.59. The van der Waals surface area contributed by atoms with Crippen LogP contribution >= 0.6 is 11.3 Å². The summed E-state index contributed by atoms with van der Waals surface area (Å²) in [7, 11) is 0. The lowest BCUT2D eigenvalue weighted by Crippen LogP contribution is -2.12. The normalized spacial score (nSPS) is 11.5. The molecule has 0 unspecified atom stereocenters. The molecule has 0 bridgehead atoms. The topological polar surface area (TPSA) is 3.24 Å². The smallest absolute Gasteiger partial charge is 0.0546 e. The van der Waals surface area contributed by atoms with Crippen molar-refractivity contribution in [2.75, 3.05) is 4.90 Å². The maximum Gasteiger partial charge on any atom is 0.0546 e. The molecule has 0 atom stereocenters. The van der Waals surface area contributed by atoms with Crippen LogP contribution in [0.15, 0.2) is 237 Å². The lowest BCUT2D eigenvalue weighted by atomic mass is 9.87. The Bertz CT molecular complexity index is 3620. The van der Waals surface area contributed by atoms with Crippen LogP contribution in [-0.2, 0) is 0 Å². The van der Waals surface area contributed by atoms with Gasteiger partial charge in [-0.1, -0.05) is 182 Å². The van der Waals surface area contributed by atoms with Crippen molar-refractivity contribution in [3.05, 3.63) is 237 Å². The summed E-state index contributed by atoms with van der Waals surface area (Å²) in [5.41, 5.74) is 12.9. The minimum atomic E-state index is 1.09. The van der Waals surface area contributed by atoms with E-state index in [4.69, 9.17) is 0 Å². The van der Waals surface area contributed by atoms with Crippen LogP contribution in [0.25, 0.3) is 97.0 Å². The lowest BCUT2D eigenvalue weighted by Gasteiger charge is -2.30. The quantitative estimate of drug-likeness (QED) is 0.145. The molecule has 0 radical (unpaired) electrons. The molecule has 1 heterocycles. The SMILES string of the molecule is c1ccc(-c2ccc(N(c3ccc(-c4ccc5ccccc5c4)cc3)c3cccc(-c4cc5ccccc5c5ccccc45)c3-c3ccc4c(c3)sc3ccccc34)cc2)cc1.